The molecule has 0 spiro atoms. The second-order valence-electron chi connectivity index (χ2n) is 7.76. The zero-order chi connectivity index (χ0) is 25.9. The van der Waals surface area contributed by atoms with Crippen LogP contribution in [0.25, 0.3) is 17.0 Å². The highest BCUT2D eigenvalue weighted by molar-refractivity contribution is 5.97. The summed E-state index contributed by atoms with van der Waals surface area (Å²) in [5.41, 5.74) is 0.0346. The SMILES string of the molecule is CCCOc1ccc(/C=C/C(=O)Oc2ccc3cc(C(=O)NCCCOC)c(=O)oc3c2)cc1OC. The third kappa shape index (κ3) is 7.19. The molecular formula is C27H29NO8. The predicted molar refractivity (Wildman–Crippen MR) is 135 cm³/mol. The number of amides is 1. The Bertz CT molecular complexity index is 1290. The van der Waals surface area contributed by atoms with Gasteiger partial charge in [-0.2, -0.15) is 0 Å². The number of fused-ring (bicyclic) bond motifs is 1. The molecule has 0 fully saturated rings. The monoisotopic (exact) mass is 495 g/mol. The first-order valence-electron chi connectivity index (χ1n) is 11.5. The number of nitrogens with one attached hydrogen (secondary N) is 1. The number of esters is 1. The minimum atomic E-state index is -0.782. The second kappa shape index (κ2) is 13.1. The average molecular weight is 496 g/mol. The van der Waals surface area contributed by atoms with Crippen molar-refractivity contribution in [1.82, 2.24) is 5.32 Å². The van der Waals surface area contributed by atoms with Crippen molar-refractivity contribution in [3.05, 3.63) is 70.1 Å². The summed E-state index contributed by atoms with van der Waals surface area (Å²) in [6.07, 6.45) is 4.36. The molecule has 3 aromatic rings. The molecule has 1 aromatic heterocycles. The quantitative estimate of drug-likeness (QED) is 0.132. The highest BCUT2D eigenvalue weighted by Crippen LogP contribution is 2.28. The molecule has 0 unspecified atom stereocenters. The maximum absolute atomic E-state index is 12.3. The van der Waals surface area contributed by atoms with Crippen molar-refractivity contribution in [2.24, 2.45) is 0 Å². The van der Waals surface area contributed by atoms with E-state index < -0.39 is 17.5 Å². The molecule has 0 atom stereocenters. The van der Waals surface area contributed by atoms with Gasteiger partial charge in [0.15, 0.2) is 11.5 Å². The minimum absolute atomic E-state index is 0.103. The van der Waals surface area contributed by atoms with Gasteiger partial charge < -0.3 is 28.7 Å². The molecule has 1 amide bonds. The number of hydrogen-bond donors (Lipinski definition) is 1. The molecule has 3 rings (SSSR count). The maximum Gasteiger partial charge on any atom is 0.349 e. The van der Waals surface area contributed by atoms with E-state index in [1.165, 1.54) is 18.2 Å². The number of ether oxygens (including phenoxy) is 4. The summed E-state index contributed by atoms with van der Waals surface area (Å²) in [4.78, 5) is 36.9. The van der Waals surface area contributed by atoms with Crippen molar-refractivity contribution in [3.63, 3.8) is 0 Å². The molecule has 190 valence electrons. The molecular weight excluding hydrogens is 466 g/mol. The molecule has 0 aliphatic carbocycles. The molecule has 0 aliphatic heterocycles. The van der Waals surface area contributed by atoms with E-state index in [9.17, 15) is 14.4 Å². The van der Waals surface area contributed by atoms with Crippen LogP contribution < -0.4 is 25.2 Å². The molecule has 0 saturated heterocycles. The van der Waals surface area contributed by atoms with Gasteiger partial charge in [0, 0.05) is 37.8 Å². The highest BCUT2D eigenvalue weighted by atomic mass is 16.5. The van der Waals surface area contributed by atoms with Crippen LogP contribution in [-0.4, -0.2) is 45.9 Å². The first-order chi connectivity index (χ1) is 17.4. The van der Waals surface area contributed by atoms with Gasteiger partial charge >= 0.3 is 11.6 Å². The standard InChI is InChI=1S/C27H29NO8/c1-4-13-34-22-10-6-18(15-24(22)33-3)7-11-25(29)35-20-9-8-19-16-21(27(31)36-23(19)17-20)26(30)28-12-5-14-32-2/h6-11,15-17H,4-5,12-14H2,1-3H3,(H,28,30)/b11-7+. The Morgan fingerprint density at radius 3 is 2.61 bits per heavy atom. The van der Waals surface area contributed by atoms with Gasteiger partial charge in [-0.15, -0.1) is 0 Å². The van der Waals surface area contributed by atoms with Crippen molar-refractivity contribution >= 4 is 28.9 Å². The van der Waals surface area contributed by atoms with Crippen molar-refractivity contribution in [3.8, 4) is 17.2 Å². The number of carbonyl (C=O) groups excluding carboxylic acids is 2. The molecule has 0 aliphatic rings. The molecule has 1 N–H and O–H groups in total. The summed E-state index contributed by atoms with van der Waals surface area (Å²) in [6.45, 7) is 3.46. The average Bonchev–Trinajstić information content (AvgIpc) is 2.88. The molecule has 0 radical (unpaired) electrons. The van der Waals surface area contributed by atoms with E-state index in [0.717, 1.165) is 12.0 Å². The molecule has 9 heteroatoms. The maximum atomic E-state index is 12.3. The normalized spacial score (nSPS) is 11.0. The third-order valence-electron chi connectivity index (χ3n) is 5.04. The number of rotatable bonds is 12. The van der Waals surface area contributed by atoms with E-state index >= 15 is 0 Å². The largest absolute Gasteiger partial charge is 0.493 e. The van der Waals surface area contributed by atoms with Crippen LogP contribution in [-0.2, 0) is 9.53 Å². The summed E-state index contributed by atoms with van der Waals surface area (Å²) >= 11 is 0. The number of carbonyl (C=O) groups is 2. The molecule has 2 aromatic carbocycles. The first kappa shape index (κ1) is 26.5. The van der Waals surface area contributed by atoms with Gasteiger partial charge in [-0.05, 0) is 54.8 Å². The van der Waals surface area contributed by atoms with Crippen LogP contribution in [0.4, 0.5) is 0 Å². The van der Waals surface area contributed by atoms with E-state index in [1.807, 2.05) is 6.92 Å². The summed E-state index contributed by atoms with van der Waals surface area (Å²) in [6, 6.07) is 11.4. The lowest BCUT2D eigenvalue weighted by atomic mass is 10.1. The Hall–Kier alpha value is -4.11. The Labute approximate surface area is 208 Å². The van der Waals surface area contributed by atoms with E-state index in [4.69, 9.17) is 23.4 Å². The highest BCUT2D eigenvalue weighted by Gasteiger charge is 2.14. The number of benzene rings is 2. The zero-order valence-electron chi connectivity index (χ0n) is 20.5. The van der Waals surface area contributed by atoms with E-state index in [1.54, 1.807) is 50.6 Å². The lowest BCUT2D eigenvalue weighted by molar-refractivity contribution is -0.128. The Morgan fingerprint density at radius 2 is 1.86 bits per heavy atom. The summed E-state index contributed by atoms with van der Waals surface area (Å²) in [5.74, 6) is 0.242. The van der Waals surface area contributed by atoms with Crippen LogP contribution in [0.3, 0.4) is 0 Å². The minimum Gasteiger partial charge on any atom is -0.493 e. The van der Waals surface area contributed by atoms with Crippen molar-refractivity contribution in [2.45, 2.75) is 19.8 Å². The van der Waals surface area contributed by atoms with Gasteiger partial charge in [0.2, 0.25) is 0 Å². The van der Waals surface area contributed by atoms with Gasteiger partial charge in [0.25, 0.3) is 5.91 Å². The zero-order valence-corrected chi connectivity index (χ0v) is 20.5. The summed E-state index contributed by atoms with van der Waals surface area (Å²) < 4.78 is 26.5. The van der Waals surface area contributed by atoms with Gasteiger partial charge in [-0.3, -0.25) is 4.79 Å². The first-order valence-corrected chi connectivity index (χ1v) is 11.5. The fraction of sp³-hybridized carbons (Fsp3) is 0.296. The Kier molecular flexibility index (Phi) is 9.64. The fourth-order valence-electron chi connectivity index (χ4n) is 3.26. The molecule has 0 bridgehead atoms. The number of methoxy groups -OCH3 is 2. The lowest BCUT2D eigenvalue weighted by Gasteiger charge is -2.10. The third-order valence-corrected chi connectivity index (χ3v) is 5.04. The van der Waals surface area contributed by atoms with Crippen molar-refractivity contribution in [2.75, 3.05) is 34.0 Å². The van der Waals surface area contributed by atoms with E-state index in [2.05, 4.69) is 5.32 Å². The van der Waals surface area contributed by atoms with Gasteiger partial charge in [0.05, 0.1) is 13.7 Å². The van der Waals surface area contributed by atoms with Crippen molar-refractivity contribution < 1.29 is 33.0 Å². The molecule has 9 nitrogen and oxygen atoms in total. The summed E-state index contributed by atoms with van der Waals surface area (Å²) in [7, 11) is 3.12. The summed E-state index contributed by atoms with van der Waals surface area (Å²) in [5, 5.41) is 3.17. The van der Waals surface area contributed by atoms with Crippen molar-refractivity contribution in [1.29, 1.82) is 0 Å². The number of hydrogen-bond acceptors (Lipinski definition) is 8. The smallest absolute Gasteiger partial charge is 0.349 e. The molecule has 36 heavy (non-hydrogen) atoms. The van der Waals surface area contributed by atoms with E-state index in [-0.39, 0.29) is 16.9 Å². The van der Waals surface area contributed by atoms with Crippen LogP contribution >= 0.6 is 0 Å². The van der Waals surface area contributed by atoms with Crippen LogP contribution in [0, 0.1) is 0 Å². The van der Waals surface area contributed by atoms with Crippen LogP contribution in [0.15, 0.2) is 57.8 Å². The van der Waals surface area contributed by atoms with Crippen LogP contribution in [0.5, 0.6) is 17.2 Å². The van der Waals surface area contributed by atoms with Gasteiger partial charge in [0.1, 0.15) is 16.9 Å². The van der Waals surface area contributed by atoms with E-state index in [0.29, 0.717) is 43.1 Å². The van der Waals surface area contributed by atoms with Gasteiger partial charge in [-0.1, -0.05) is 13.0 Å². The Balaban J connectivity index is 1.67. The van der Waals surface area contributed by atoms with Crippen LogP contribution in [0.1, 0.15) is 35.7 Å². The molecule has 1 heterocycles. The Morgan fingerprint density at radius 1 is 1.03 bits per heavy atom. The van der Waals surface area contributed by atoms with Gasteiger partial charge in [-0.25, -0.2) is 9.59 Å². The van der Waals surface area contributed by atoms with Crippen LogP contribution in [0.2, 0.25) is 0 Å². The topological polar surface area (TPSA) is 113 Å². The molecule has 0 saturated carbocycles. The lowest BCUT2D eigenvalue weighted by Crippen LogP contribution is -2.29. The fourth-order valence-corrected chi connectivity index (χ4v) is 3.26. The predicted octanol–water partition coefficient (Wildman–Crippen LogP) is 3.98. The second-order valence-corrected chi connectivity index (χ2v) is 7.76.